The highest BCUT2D eigenvalue weighted by Gasteiger charge is 2.16. The Labute approximate surface area is 323 Å². The molecule has 2 aliphatic heterocycles. The molecular formula is C48H36N4O4. The fraction of sp³-hybridized carbons (Fsp3) is 0.0625. The van der Waals surface area contributed by atoms with Crippen LogP contribution in [0.5, 0.6) is 11.5 Å². The first-order valence-electron chi connectivity index (χ1n) is 18.3. The lowest BCUT2D eigenvalue weighted by Crippen LogP contribution is -2.00. The third-order valence-corrected chi connectivity index (χ3v) is 9.66. The van der Waals surface area contributed by atoms with Gasteiger partial charge in [0.1, 0.15) is 24.7 Å². The van der Waals surface area contributed by atoms with Crippen molar-refractivity contribution in [1.82, 2.24) is 19.9 Å². The molecule has 0 unspecified atom stereocenters. The molecule has 0 aliphatic carbocycles. The van der Waals surface area contributed by atoms with Gasteiger partial charge < -0.3 is 24.2 Å². The van der Waals surface area contributed by atoms with Gasteiger partial charge in [-0.3, -0.25) is 0 Å². The van der Waals surface area contributed by atoms with Crippen molar-refractivity contribution in [2.75, 3.05) is 7.11 Å². The SMILES string of the molecule is COC(=O)c1ccc(-c2c3nc(cc4ccc([nH]4)c(-c4cc(OCc5ccccc5)cc(OCc5ccccc5)c4)c4nc(cc5ccc2[nH]5)C=C4)C=C3)cc1. The molecule has 0 spiro atoms. The molecule has 9 rings (SSSR count). The average molecular weight is 733 g/mol. The number of carbonyl (C=O) groups excluding carboxylic acids is 1. The molecule has 272 valence electrons. The standard InChI is InChI=1S/C48H36N4O4/c1-54-48(53)34-14-12-33(13-15-34)46-42-20-16-36(49-42)26-38-18-22-44(51-38)47(45-23-19-39(52-45)27-37-17-21-43(46)50-37)35-24-40(55-29-31-8-4-2-5-9-31)28-41(25-35)56-30-32-10-6-3-7-11-32/h2-28,49,52H,29-30H2,1H3. The van der Waals surface area contributed by atoms with E-state index >= 15 is 0 Å². The predicted molar refractivity (Wildman–Crippen MR) is 223 cm³/mol. The van der Waals surface area contributed by atoms with Crippen LogP contribution >= 0.6 is 0 Å². The van der Waals surface area contributed by atoms with E-state index in [0.29, 0.717) is 30.3 Å². The number of rotatable bonds is 9. The fourth-order valence-electron chi connectivity index (χ4n) is 6.94. The van der Waals surface area contributed by atoms with Gasteiger partial charge in [0.05, 0.1) is 35.4 Å². The van der Waals surface area contributed by atoms with Crippen molar-refractivity contribution in [3.63, 3.8) is 0 Å². The topological polar surface area (TPSA) is 102 Å². The molecule has 56 heavy (non-hydrogen) atoms. The summed E-state index contributed by atoms with van der Waals surface area (Å²) in [6, 6.07) is 45.9. The van der Waals surface area contributed by atoms with Crippen molar-refractivity contribution in [2.24, 2.45) is 0 Å². The number of nitrogens with one attached hydrogen (secondary N) is 2. The highest BCUT2D eigenvalue weighted by atomic mass is 16.5. The zero-order valence-electron chi connectivity index (χ0n) is 30.5. The van der Waals surface area contributed by atoms with E-state index in [4.69, 9.17) is 24.2 Å². The Morgan fingerprint density at radius 2 is 1.04 bits per heavy atom. The molecule has 5 heterocycles. The number of ether oxygens (including phenoxy) is 3. The number of hydrogen-bond donors (Lipinski definition) is 2. The molecule has 2 aliphatic rings. The normalized spacial score (nSPS) is 11.7. The van der Waals surface area contributed by atoms with Crippen LogP contribution in [0.25, 0.3) is 68.6 Å². The Balaban J connectivity index is 1.20. The molecule has 7 aromatic rings. The Hall–Kier alpha value is -7.45. The maximum atomic E-state index is 12.2. The molecule has 2 N–H and O–H groups in total. The number of esters is 1. The number of aromatic nitrogens is 4. The van der Waals surface area contributed by atoms with E-state index in [2.05, 4.69) is 40.3 Å². The van der Waals surface area contributed by atoms with E-state index in [1.165, 1.54) is 7.11 Å². The number of fused-ring (bicyclic) bond motifs is 8. The van der Waals surface area contributed by atoms with Gasteiger partial charge in [-0.05, 0) is 107 Å². The number of aromatic amines is 2. The second-order valence-corrected chi connectivity index (χ2v) is 13.5. The highest BCUT2D eigenvalue weighted by molar-refractivity contribution is 5.95. The Kier molecular flexibility index (Phi) is 9.27. The molecule has 4 aromatic carbocycles. The van der Waals surface area contributed by atoms with E-state index in [9.17, 15) is 4.79 Å². The van der Waals surface area contributed by atoms with Gasteiger partial charge >= 0.3 is 5.97 Å². The van der Waals surface area contributed by atoms with Crippen LogP contribution in [0.15, 0.2) is 140 Å². The number of hydrogen-bond acceptors (Lipinski definition) is 6. The molecule has 3 aromatic heterocycles. The van der Waals surface area contributed by atoms with E-state index in [1.807, 2.05) is 121 Å². The van der Waals surface area contributed by atoms with Crippen LogP contribution in [0.2, 0.25) is 0 Å². The van der Waals surface area contributed by atoms with Gasteiger partial charge in [-0.25, -0.2) is 14.8 Å². The van der Waals surface area contributed by atoms with Gasteiger partial charge in [-0.2, -0.15) is 0 Å². The minimum atomic E-state index is -0.382. The van der Waals surface area contributed by atoms with Crippen molar-refractivity contribution in [3.8, 4) is 33.8 Å². The van der Waals surface area contributed by atoms with Crippen LogP contribution in [0, 0.1) is 0 Å². The molecule has 0 amide bonds. The van der Waals surface area contributed by atoms with E-state index < -0.39 is 0 Å². The summed E-state index contributed by atoms with van der Waals surface area (Å²) in [5.74, 6) is 0.989. The summed E-state index contributed by atoms with van der Waals surface area (Å²) < 4.78 is 17.7. The second-order valence-electron chi connectivity index (χ2n) is 13.5. The maximum Gasteiger partial charge on any atom is 0.337 e. The first-order chi connectivity index (χ1) is 27.5. The van der Waals surface area contributed by atoms with Gasteiger partial charge in [0.15, 0.2) is 0 Å². The summed E-state index contributed by atoms with van der Waals surface area (Å²) in [7, 11) is 1.38. The quantitative estimate of drug-likeness (QED) is 0.143. The lowest BCUT2D eigenvalue weighted by molar-refractivity contribution is 0.0600. The van der Waals surface area contributed by atoms with Crippen LogP contribution < -0.4 is 9.47 Å². The molecule has 0 saturated heterocycles. The van der Waals surface area contributed by atoms with Crippen molar-refractivity contribution in [3.05, 3.63) is 179 Å². The van der Waals surface area contributed by atoms with Crippen LogP contribution in [0.3, 0.4) is 0 Å². The Morgan fingerprint density at radius 1 is 0.536 bits per heavy atom. The maximum absolute atomic E-state index is 12.2. The smallest absolute Gasteiger partial charge is 0.337 e. The van der Waals surface area contributed by atoms with Gasteiger partial charge in [0.2, 0.25) is 0 Å². The molecule has 8 nitrogen and oxygen atoms in total. The number of nitrogens with zero attached hydrogens (tertiary/aromatic N) is 2. The number of carbonyl (C=O) groups is 1. The molecular weight excluding hydrogens is 697 g/mol. The van der Waals surface area contributed by atoms with E-state index in [-0.39, 0.29) is 5.97 Å². The minimum Gasteiger partial charge on any atom is -0.489 e. The summed E-state index contributed by atoms with van der Waals surface area (Å²) in [5.41, 5.74) is 13.0. The second kappa shape index (κ2) is 15.1. The monoisotopic (exact) mass is 732 g/mol. The molecule has 0 saturated carbocycles. The molecule has 0 radical (unpaired) electrons. The van der Waals surface area contributed by atoms with Gasteiger partial charge in [-0.1, -0.05) is 72.8 Å². The predicted octanol–water partition coefficient (Wildman–Crippen LogP) is 10.9. The molecule has 8 heteroatoms. The number of methoxy groups -OCH3 is 1. The molecule has 0 atom stereocenters. The minimum absolute atomic E-state index is 0.382. The van der Waals surface area contributed by atoms with Gasteiger partial charge in [-0.15, -0.1) is 0 Å². The summed E-state index contributed by atoms with van der Waals surface area (Å²) in [6.07, 6.45) is 8.08. The van der Waals surface area contributed by atoms with Crippen LogP contribution in [-0.2, 0) is 18.0 Å². The number of H-pyrrole nitrogens is 2. The van der Waals surface area contributed by atoms with Gasteiger partial charge in [0, 0.05) is 39.3 Å². The van der Waals surface area contributed by atoms with Crippen LogP contribution in [0.1, 0.15) is 44.3 Å². The van der Waals surface area contributed by atoms with Crippen molar-refractivity contribution in [2.45, 2.75) is 13.2 Å². The summed E-state index contributed by atoms with van der Waals surface area (Å²) in [4.78, 5) is 29.6. The third-order valence-electron chi connectivity index (χ3n) is 9.66. The fourth-order valence-corrected chi connectivity index (χ4v) is 6.94. The summed E-state index contributed by atoms with van der Waals surface area (Å²) in [5, 5.41) is 0. The molecule has 8 bridgehead atoms. The number of benzene rings is 4. The Bertz CT molecular complexity index is 2740. The zero-order chi connectivity index (χ0) is 37.8. The Morgan fingerprint density at radius 3 is 1.54 bits per heavy atom. The van der Waals surface area contributed by atoms with Crippen molar-refractivity contribution < 1.29 is 19.0 Å². The van der Waals surface area contributed by atoms with Crippen LogP contribution in [-0.4, -0.2) is 33.0 Å². The third kappa shape index (κ3) is 7.36. The molecule has 0 fully saturated rings. The van der Waals surface area contributed by atoms with E-state index in [1.54, 1.807) is 12.1 Å². The highest BCUT2D eigenvalue weighted by Crippen LogP contribution is 2.36. The van der Waals surface area contributed by atoms with Crippen LogP contribution in [0.4, 0.5) is 0 Å². The lowest BCUT2D eigenvalue weighted by atomic mass is 10.0. The largest absolute Gasteiger partial charge is 0.489 e. The average Bonchev–Trinajstić information content (AvgIpc) is 4.08. The first-order valence-corrected chi connectivity index (χ1v) is 18.3. The lowest BCUT2D eigenvalue weighted by Gasteiger charge is -2.14. The summed E-state index contributed by atoms with van der Waals surface area (Å²) >= 11 is 0. The summed E-state index contributed by atoms with van der Waals surface area (Å²) in [6.45, 7) is 0.829. The van der Waals surface area contributed by atoms with Crippen molar-refractivity contribution in [1.29, 1.82) is 0 Å². The van der Waals surface area contributed by atoms with Crippen molar-refractivity contribution >= 4 is 52.3 Å². The van der Waals surface area contributed by atoms with E-state index in [0.717, 1.165) is 78.2 Å². The first kappa shape index (κ1) is 34.3. The van der Waals surface area contributed by atoms with Gasteiger partial charge in [0.25, 0.3) is 0 Å². The zero-order valence-corrected chi connectivity index (χ0v) is 30.5.